The number of aliphatic hydroxyl groups excluding tert-OH is 1. The molecule has 0 spiro atoms. The van der Waals surface area contributed by atoms with Crippen molar-refractivity contribution in [2.75, 3.05) is 0 Å². The summed E-state index contributed by atoms with van der Waals surface area (Å²) in [4.78, 5) is 16.4. The van der Waals surface area contributed by atoms with Crippen molar-refractivity contribution in [2.24, 2.45) is 11.8 Å². The molecule has 195 valence electrons. The summed E-state index contributed by atoms with van der Waals surface area (Å²) >= 11 is 0. The summed E-state index contributed by atoms with van der Waals surface area (Å²) in [6.45, 7) is 10.2. The molecule has 0 saturated heterocycles. The van der Waals surface area contributed by atoms with Crippen LogP contribution < -0.4 is 0 Å². The van der Waals surface area contributed by atoms with E-state index in [-0.39, 0.29) is 43.5 Å². The topological polar surface area (TPSA) is 50.2 Å². The third-order valence-corrected chi connectivity index (χ3v) is 7.44. The zero-order valence-corrected chi connectivity index (χ0v) is 24.8. The maximum Gasteiger partial charge on any atom is 0.162 e. The van der Waals surface area contributed by atoms with E-state index in [0.29, 0.717) is 0 Å². The fourth-order valence-electron chi connectivity index (χ4n) is 5.32. The fourth-order valence-corrected chi connectivity index (χ4v) is 5.32. The van der Waals surface area contributed by atoms with E-state index in [4.69, 9.17) is 0 Å². The van der Waals surface area contributed by atoms with E-state index in [2.05, 4.69) is 66.5 Å². The van der Waals surface area contributed by atoms with E-state index in [0.717, 1.165) is 42.1 Å². The molecule has 0 saturated carbocycles. The quantitative estimate of drug-likeness (QED) is 0.0618. The number of carbonyl (C=O) groups excluding carboxylic acids is 1. The van der Waals surface area contributed by atoms with Crippen molar-refractivity contribution in [2.45, 2.75) is 60.3 Å². The third-order valence-electron chi connectivity index (χ3n) is 7.44. The number of benzene rings is 4. The minimum Gasteiger partial charge on any atom is -0.512 e. The first-order chi connectivity index (χ1) is 17.4. The molecule has 0 unspecified atom stereocenters. The Morgan fingerprint density at radius 2 is 1.49 bits per heavy atom. The van der Waals surface area contributed by atoms with E-state index in [1.165, 1.54) is 38.4 Å². The number of hydrogen-bond donors (Lipinski definition) is 1. The van der Waals surface area contributed by atoms with Gasteiger partial charge < -0.3 is 10.1 Å². The number of rotatable bonds is 7. The predicted octanol–water partition coefficient (Wildman–Crippen LogP) is 9.11. The van der Waals surface area contributed by atoms with Crippen LogP contribution in [0, 0.1) is 24.8 Å². The van der Waals surface area contributed by atoms with Crippen molar-refractivity contribution in [3.63, 3.8) is 0 Å². The zero-order valence-electron chi connectivity index (χ0n) is 22.4. The summed E-state index contributed by atoms with van der Waals surface area (Å²) in [5.74, 6) is 0.547. The van der Waals surface area contributed by atoms with Crippen molar-refractivity contribution < 1.29 is 30.0 Å². The number of ketones is 1. The van der Waals surface area contributed by atoms with E-state index in [1.807, 2.05) is 33.9 Å². The van der Waals surface area contributed by atoms with Gasteiger partial charge in [-0.15, -0.1) is 28.5 Å². The number of aryl methyl sites for hydroxylation is 1. The zero-order chi connectivity index (χ0) is 25.8. The molecule has 0 fully saturated rings. The molecule has 1 heterocycles. The third kappa shape index (κ3) is 5.71. The minimum absolute atomic E-state index is 0. The van der Waals surface area contributed by atoms with Gasteiger partial charge in [0.2, 0.25) is 0 Å². The van der Waals surface area contributed by atoms with Crippen molar-refractivity contribution in [1.82, 2.24) is 4.98 Å². The van der Waals surface area contributed by atoms with Crippen LogP contribution in [0.1, 0.15) is 58.9 Å². The molecule has 4 heteroatoms. The number of aromatic nitrogens is 1. The van der Waals surface area contributed by atoms with Gasteiger partial charge in [-0.25, -0.2) is 0 Å². The van der Waals surface area contributed by atoms with E-state index in [9.17, 15) is 9.90 Å². The van der Waals surface area contributed by atoms with Crippen molar-refractivity contribution in [1.29, 1.82) is 0 Å². The molecule has 0 atom stereocenters. The number of fused-ring (bicyclic) bond motifs is 2. The maximum absolute atomic E-state index is 11.7. The minimum atomic E-state index is 0. The first-order valence-corrected chi connectivity index (χ1v) is 13.2. The molecule has 4 aromatic carbocycles. The van der Waals surface area contributed by atoms with Crippen molar-refractivity contribution in [3.05, 3.63) is 78.2 Å². The van der Waals surface area contributed by atoms with Gasteiger partial charge in [0.05, 0.1) is 5.76 Å². The Balaban J connectivity index is 0.000000214. The Bertz CT molecular complexity index is 1520. The molecule has 37 heavy (non-hydrogen) atoms. The average molecular weight is 671 g/mol. The van der Waals surface area contributed by atoms with E-state index in [1.54, 1.807) is 0 Å². The molecular formula is C33H36IrNO2-. The van der Waals surface area contributed by atoms with Crippen molar-refractivity contribution in [3.8, 4) is 0 Å². The van der Waals surface area contributed by atoms with Gasteiger partial charge in [0.1, 0.15) is 0 Å². The molecule has 1 aromatic heterocycles. The first-order valence-electron chi connectivity index (χ1n) is 13.2. The SMILES string of the molecule is CCC(CC)C(=O)/C=C(\O)C(CC)CC.Cc1[c-]c2c3nccc4cccc(c5cccc(c1)c25)c43.[Ir]. The van der Waals surface area contributed by atoms with Gasteiger partial charge in [0.25, 0.3) is 0 Å². The number of aliphatic hydroxyl groups is 1. The van der Waals surface area contributed by atoms with Gasteiger partial charge in [0, 0.05) is 44.2 Å². The van der Waals surface area contributed by atoms with E-state index < -0.39 is 0 Å². The number of allylic oxidation sites excluding steroid dienone is 2. The van der Waals surface area contributed by atoms with Crippen LogP contribution in [0.15, 0.2) is 66.6 Å². The molecule has 1 radical (unpaired) electrons. The maximum atomic E-state index is 11.7. The van der Waals surface area contributed by atoms with Crippen LogP contribution in [0.25, 0.3) is 43.2 Å². The second-order valence-electron chi connectivity index (χ2n) is 9.66. The van der Waals surface area contributed by atoms with Crippen LogP contribution in [0.3, 0.4) is 0 Å². The van der Waals surface area contributed by atoms with Gasteiger partial charge in [-0.2, -0.15) is 0 Å². The summed E-state index contributed by atoms with van der Waals surface area (Å²) in [6.07, 6.45) is 6.81. The monoisotopic (exact) mass is 671 g/mol. The Morgan fingerprint density at radius 1 is 0.892 bits per heavy atom. The first kappa shape index (κ1) is 28.8. The summed E-state index contributed by atoms with van der Waals surface area (Å²) in [7, 11) is 0. The molecule has 5 rings (SSSR count). The van der Waals surface area contributed by atoms with Gasteiger partial charge >= 0.3 is 0 Å². The molecule has 3 nitrogen and oxygen atoms in total. The normalized spacial score (nSPS) is 11.9. The Labute approximate surface area is 233 Å². The number of hydrogen-bond acceptors (Lipinski definition) is 3. The van der Waals surface area contributed by atoms with Gasteiger partial charge in [-0.3, -0.25) is 4.79 Å². The Morgan fingerprint density at radius 3 is 2.11 bits per heavy atom. The molecule has 0 aliphatic carbocycles. The Hall–Kier alpha value is -2.81. The standard InChI is InChI=1S/C20H12N.C13H24O2.Ir/c1-12-10-14-5-3-6-15-16-7-2-4-13-8-9-21-20(19(13)16)17(11-12)18(14)15;1-5-10(6-2)12(14)9-13(15)11(7-3)8-4;/h2-10H,1H3;9-11,14H,5-8H2,1-4H3;/q-1;;/b;12-9-;. The van der Waals surface area contributed by atoms with Crippen LogP contribution in [0.4, 0.5) is 0 Å². The number of carbonyl (C=O) groups is 1. The fraction of sp³-hybridized carbons (Fsp3) is 0.333. The molecule has 1 N–H and O–H groups in total. The summed E-state index contributed by atoms with van der Waals surface area (Å²) in [5.41, 5.74) is 2.23. The summed E-state index contributed by atoms with van der Waals surface area (Å²) in [5, 5.41) is 18.5. The molecule has 0 bridgehead atoms. The molecule has 0 aliphatic rings. The molecule has 5 aromatic rings. The van der Waals surface area contributed by atoms with Gasteiger partial charge in [-0.05, 0) is 53.4 Å². The molecule has 0 aliphatic heterocycles. The van der Waals surface area contributed by atoms with Crippen LogP contribution in [-0.4, -0.2) is 15.9 Å². The van der Waals surface area contributed by atoms with Gasteiger partial charge in [-0.1, -0.05) is 81.8 Å². The van der Waals surface area contributed by atoms with Crippen molar-refractivity contribution >= 4 is 49.0 Å². The number of pyridine rings is 1. The second kappa shape index (κ2) is 12.6. The van der Waals surface area contributed by atoms with Gasteiger partial charge in [0.15, 0.2) is 5.78 Å². The predicted molar refractivity (Wildman–Crippen MR) is 153 cm³/mol. The molecular weight excluding hydrogens is 635 g/mol. The van der Waals surface area contributed by atoms with Crippen LogP contribution in [-0.2, 0) is 24.9 Å². The van der Waals surface area contributed by atoms with Crippen LogP contribution >= 0.6 is 0 Å². The van der Waals surface area contributed by atoms with E-state index >= 15 is 0 Å². The largest absolute Gasteiger partial charge is 0.512 e. The van der Waals surface area contributed by atoms with Crippen LogP contribution in [0.2, 0.25) is 0 Å². The summed E-state index contributed by atoms with van der Waals surface area (Å²) < 4.78 is 0. The molecule has 0 amide bonds. The Kier molecular flexibility index (Phi) is 9.81. The smallest absolute Gasteiger partial charge is 0.162 e. The summed E-state index contributed by atoms with van der Waals surface area (Å²) in [6, 6.07) is 20.8. The number of nitrogens with zero attached hydrogens (tertiary/aromatic N) is 1. The van der Waals surface area contributed by atoms with Crippen LogP contribution in [0.5, 0.6) is 0 Å². The average Bonchev–Trinajstić information content (AvgIpc) is 2.88. The second-order valence-corrected chi connectivity index (χ2v) is 9.66.